The van der Waals surface area contributed by atoms with Gasteiger partial charge in [-0.15, -0.1) is 0 Å². The zero-order chi connectivity index (χ0) is 7.94. The Hall–Kier alpha value is -1.02. The lowest BCUT2D eigenvalue weighted by molar-refractivity contribution is 0.361. The number of halogens is 1. The molecular weight excluding hydrogens is 162 g/mol. The average Bonchev–Trinajstić information content (AvgIpc) is 2.07. The molecule has 0 unspecified atom stereocenters. The van der Waals surface area contributed by atoms with Crippen LogP contribution in [-0.2, 0) is 0 Å². The van der Waals surface area contributed by atoms with Gasteiger partial charge in [0.15, 0.2) is 0 Å². The Balaban J connectivity index is 2.39. The molecule has 58 valence electrons. The first kappa shape index (κ1) is 8.08. The van der Waals surface area contributed by atoms with Gasteiger partial charge in [-0.2, -0.15) is 0 Å². The van der Waals surface area contributed by atoms with E-state index in [1.54, 1.807) is 18.5 Å². The van der Waals surface area contributed by atoms with Crippen molar-refractivity contribution in [3.8, 4) is 5.75 Å². The van der Waals surface area contributed by atoms with E-state index in [4.69, 9.17) is 16.3 Å². The molecule has 0 saturated heterocycles. The quantitative estimate of drug-likeness (QED) is 0.692. The normalized spacial score (nSPS) is 10.3. The topological polar surface area (TPSA) is 22.1 Å². The molecule has 0 atom stereocenters. The number of rotatable bonds is 3. The van der Waals surface area contributed by atoms with Gasteiger partial charge in [0.05, 0.1) is 6.20 Å². The number of ether oxygens (including phenoxy) is 1. The zero-order valence-corrected chi connectivity index (χ0v) is 6.66. The molecule has 0 saturated carbocycles. The van der Waals surface area contributed by atoms with Gasteiger partial charge in [-0.1, -0.05) is 11.6 Å². The molecule has 0 fully saturated rings. The highest BCUT2D eigenvalue weighted by molar-refractivity contribution is 6.25. The highest BCUT2D eigenvalue weighted by Gasteiger charge is 1.86. The van der Waals surface area contributed by atoms with Crippen molar-refractivity contribution in [3.63, 3.8) is 0 Å². The lowest BCUT2D eigenvalue weighted by Crippen LogP contribution is -1.92. The summed E-state index contributed by atoms with van der Waals surface area (Å²) in [5.74, 6) is 0.752. The van der Waals surface area contributed by atoms with E-state index in [9.17, 15) is 0 Å². The monoisotopic (exact) mass is 169 g/mol. The Morgan fingerprint density at radius 2 is 2.55 bits per heavy atom. The van der Waals surface area contributed by atoms with Crippen molar-refractivity contribution in [1.82, 2.24) is 4.98 Å². The molecule has 0 aliphatic heterocycles. The highest BCUT2D eigenvalue weighted by atomic mass is 35.5. The molecule has 1 rings (SSSR count). The number of hydrogen-bond acceptors (Lipinski definition) is 2. The minimum Gasteiger partial charge on any atom is -0.488 e. The Morgan fingerprint density at radius 1 is 1.64 bits per heavy atom. The third-order valence-electron chi connectivity index (χ3n) is 1.07. The molecule has 3 heteroatoms. The van der Waals surface area contributed by atoms with Crippen LogP contribution in [-0.4, -0.2) is 11.6 Å². The van der Waals surface area contributed by atoms with Crippen molar-refractivity contribution < 1.29 is 4.74 Å². The van der Waals surface area contributed by atoms with E-state index >= 15 is 0 Å². The predicted octanol–water partition coefficient (Wildman–Crippen LogP) is 2.21. The van der Waals surface area contributed by atoms with Crippen LogP contribution in [0.25, 0.3) is 0 Å². The maximum Gasteiger partial charge on any atom is 0.138 e. The van der Waals surface area contributed by atoms with Crippen LogP contribution in [0.15, 0.2) is 36.1 Å². The average molecular weight is 170 g/mol. The Kier molecular flexibility index (Phi) is 3.48. The van der Waals surface area contributed by atoms with Crippen LogP contribution in [0.2, 0.25) is 0 Å². The maximum atomic E-state index is 5.29. The molecule has 0 spiro atoms. The van der Waals surface area contributed by atoms with Gasteiger partial charge in [0.2, 0.25) is 0 Å². The largest absolute Gasteiger partial charge is 0.488 e. The van der Waals surface area contributed by atoms with Crippen molar-refractivity contribution in [1.29, 1.82) is 0 Å². The summed E-state index contributed by atoms with van der Waals surface area (Å²) in [6, 6.07) is 3.66. The van der Waals surface area contributed by atoms with Gasteiger partial charge in [0, 0.05) is 11.7 Å². The third-order valence-corrected chi connectivity index (χ3v) is 1.25. The number of aromatic nitrogens is 1. The van der Waals surface area contributed by atoms with E-state index in [1.807, 2.05) is 12.1 Å². The molecule has 0 bridgehead atoms. The first-order chi connectivity index (χ1) is 5.43. The van der Waals surface area contributed by atoms with Crippen LogP contribution in [0, 0.1) is 0 Å². The molecule has 0 N–H and O–H groups in total. The molecular formula is C8H8ClNO. The molecule has 0 aliphatic rings. The maximum absolute atomic E-state index is 5.29. The fraction of sp³-hybridized carbons (Fsp3) is 0.125. The van der Waals surface area contributed by atoms with E-state index in [-0.39, 0.29) is 0 Å². The molecule has 1 heterocycles. The first-order valence-electron chi connectivity index (χ1n) is 3.21. The van der Waals surface area contributed by atoms with E-state index < -0.39 is 0 Å². The number of hydrogen-bond donors (Lipinski definition) is 0. The van der Waals surface area contributed by atoms with Crippen LogP contribution in [0.3, 0.4) is 0 Å². The van der Waals surface area contributed by atoms with Crippen LogP contribution in [0.1, 0.15) is 0 Å². The Labute approximate surface area is 70.5 Å². The van der Waals surface area contributed by atoms with Gasteiger partial charge in [0.1, 0.15) is 12.4 Å². The van der Waals surface area contributed by atoms with Crippen molar-refractivity contribution in [2.45, 2.75) is 0 Å². The molecule has 0 aliphatic carbocycles. The van der Waals surface area contributed by atoms with Crippen LogP contribution < -0.4 is 4.74 Å². The SMILES string of the molecule is Cl/C=C/COc1cccnc1. The minimum atomic E-state index is 0.481. The standard InChI is InChI=1S/C8H8ClNO/c9-4-2-6-11-8-3-1-5-10-7-8/h1-5,7H,6H2/b4-2+. The second-order valence-electron chi connectivity index (χ2n) is 1.86. The summed E-state index contributed by atoms with van der Waals surface area (Å²) in [5, 5.41) is 0. The number of pyridine rings is 1. The van der Waals surface area contributed by atoms with E-state index in [2.05, 4.69) is 4.98 Å². The second kappa shape index (κ2) is 4.74. The highest BCUT2D eigenvalue weighted by Crippen LogP contribution is 2.05. The molecule has 1 aromatic rings. The summed E-state index contributed by atoms with van der Waals surface area (Å²) in [7, 11) is 0. The van der Waals surface area contributed by atoms with Crippen LogP contribution >= 0.6 is 11.6 Å². The summed E-state index contributed by atoms with van der Waals surface area (Å²) in [5.41, 5.74) is 1.43. The van der Waals surface area contributed by atoms with Gasteiger partial charge >= 0.3 is 0 Å². The fourth-order valence-corrected chi connectivity index (χ4v) is 0.686. The molecule has 2 nitrogen and oxygen atoms in total. The molecule has 0 aromatic carbocycles. The summed E-state index contributed by atoms with van der Waals surface area (Å²) < 4.78 is 5.21. The lowest BCUT2D eigenvalue weighted by Gasteiger charge is -1.99. The smallest absolute Gasteiger partial charge is 0.138 e. The van der Waals surface area contributed by atoms with Crippen molar-refractivity contribution in [2.24, 2.45) is 0 Å². The van der Waals surface area contributed by atoms with Crippen molar-refractivity contribution >= 4 is 11.6 Å². The fourth-order valence-electron chi connectivity index (χ4n) is 0.613. The van der Waals surface area contributed by atoms with Crippen molar-refractivity contribution in [2.75, 3.05) is 6.61 Å². The summed E-state index contributed by atoms with van der Waals surface area (Å²) in [4.78, 5) is 3.88. The lowest BCUT2D eigenvalue weighted by atomic mass is 10.5. The van der Waals surface area contributed by atoms with Gasteiger partial charge in [-0.25, -0.2) is 0 Å². The van der Waals surface area contributed by atoms with Crippen LogP contribution in [0.4, 0.5) is 0 Å². The minimum absolute atomic E-state index is 0.481. The third kappa shape index (κ3) is 3.05. The van der Waals surface area contributed by atoms with Crippen molar-refractivity contribution in [3.05, 3.63) is 36.1 Å². The predicted molar refractivity (Wildman–Crippen MR) is 44.7 cm³/mol. The van der Waals surface area contributed by atoms with Gasteiger partial charge in [-0.05, 0) is 18.2 Å². The summed E-state index contributed by atoms with van der Waals surface area (Å²) in [6.45, 7) is 0.481. The second-order valence-corrected chi connectivity index (χ2v) is 2.11. The molecule has 1 aromatic heterocycles. The summed E-state index contributed by atoms with van der Waals surface area (Å²) >= 11 is 5.29. The summed E-state index contributed by atoms with van der Waals surface area (Å²) in [6.07, 6.45) is 5.07. The van der Waals surface area contributed by atoms with Crippen LogP contribution in [0.5, 0.6) is 5.75 Å². The molecule has 11 heavy (non-hydrogen) atoms. The Bertz CT molecular complexity index is 223. The van der Waals surface area contributed by atoms with Gasteiger partial charge in [-0.3, -0.25) is 4.98 Å². The number of nitrogens with zero attached hydrogens (tertiary/aromatic N) is 1. The molecule has 0 radical (unpaired) electrons. The first-order valence-corrected chi connectivity index (χ1v) is 3.65. The van der Waals surface area contributed by atoms with E-state index in [0.29, 0.717) is 6.61 Å². The van der Waals surface area contributed by atoms with E-state index in [1.165, 1.54) is 5.54 Å². The van der Waals surface area contributed by atoms with E-state index in [0.717, 1.165) is 5.75 Å². The van der Waals surface area contributed by atoms with Gasteiger partial charge in [0.25, 0.3) is 0 Å². The zero-order valence-electron chi connectivity index (χ0n) is 5.90. The van der Waals surface area contributed by atoms with Gasteiger partial charge < -0.3 is 4.74 Å². The Morgan fingerprint density at radius 3 is 3.18 bits per heavy atom. The molecule has 0 amide bonds.